The van der Waals surface area contributed by atoms with Crippen molar-refractivity contribution in [2.24, 2.45) is 5.92 Å². The van der Waals surface area contributed by atoms with E-state index in [1.165, 1.54) is 12.8 Å². The van der Waals surface area contributed by atoms with Gasteiger partial charge < -0.3 is 10.4 Å². The molecule has 1 heterocycles. The second-order valence-corrected chi connectivity index (χ2v) is 4.88. The van der Waals surface area contributed by atoms with Crippen molar-refractivity contribution in [3.05, 3.63) is 22.9 Å². The highest BCUT2D eigenvalue weighted by atomic mass is 16.4. The van der Waals surface area contributed by atoms with Crippen LogP contribution in [0.5, 0.6) is 0 Å². The van der Waals surface area contributed by atoms with E-state index in [4.69, 9.17) is 0 Å². The van der Waals surface area contributed by atoms with Crippen LogP contribution < -0.4 is 5.32 Å². The molecule has 0 amide bonds. The average Bonchev–Trinajstić information content (AvgIpc) is 2.97. The number of aromatic nitrogens is 1. The first-order valence-electron chi connectivity index (χ1n) is 5.97. The molecule has 1 aliphatic carbocycles. The van der Waals surface area contributed by atoms with Crippen molar-refractivity contribution in [1.82, 2.24) is 4.98 Å². The quantitative estimate of drug-likeness (QED) is 0.840. The Bertz CT molecular complexity index is 453. The summed E-state index contributed by atoms with van der Waals surface area (Å²) >= 11 is 0. The molecule has 0 aromatic carbocycles. The topological polar surface area (TPSA) is 62.2 Å². The van der Waals surface area contributed by atoms with Gasteiger partial charge >= 0.3 is 5.97 Å². The third-order valence-corrected chi connectivity index (χ3v) is 3.25. The van der Waals surface area contributed by atoms with Crippen LogP contribution in [0, 0.1) is 19.8 Å². The van der Waals surface area contributed by atoms with Crippen molar-refractivity contribution >= 4 is 11.8 Å². The number of aryl methyl sites for hydroxylation is 2. The fourth-order valence-corrected chi connectivity index (χ4v) is 2.14. The largest absolute Gasteiger partial charge is 0.478 e. The zero-order valence-corrected chi connectivity index (χ0v) is 10.4. The summed E-state index contributed by atoms with van der Waals surface area (Å²) in [5, 5.41) is 12.5. The van der Waals surface area contributed by atoms with E-state index in [0.717, 1.165) is 11.3 Å². The number of carboxylic acid groups (broad SMARTS) is 1. The molecule has 0 aliphatic heterocycles. The van der Waals surface area contributed by atoms with Crippen LogP contribution >= 0.6 is 0 Å². The van der Waals surface area contributed by atoms with Crippen molar-refractivity contribution in [3.63, 3.8) is 0 Å². The van der Waals surface area contributed by atoms with Gasteiger partial charge in [-0.1, -0.05) is 0 Å². The first kappa shape index (κ1) is 11.9. The molecule has 1 atom stereocenters. The molecule has 4 heteroatoms. The summed E-state index contributed by atoms with van der Waals surface area (Å²) in [5.41, 5.74) is 1.90. The summed E-state index contributed by atoms with van der Waals surface area (Å²) in [6, 6.07) is 2.10. The van der Waals surface area contributed by atoms with E-state index in [1.807, 2.05) is 13.8 Å². The van der Waals surface area contributed by atoms with Crippen molar-refractivity contribution in [3.8, 4) is 0 Å². The highest BCUT2D eigenvalue weighted by Crippen LogP contribution is 2.34. The highest BCUT2D eigenvalue weighted by molar-refractivity contribution is 5.94. The SMILES string of the molecule is Cc1cc(C)c(C(=O)O)c(NC(C)C2CC2)n1. The second kappa shape index (κ2) is 4.35. The number of nitrogens with zero attached hydrogens (tertiary/aromatic N) is 1. The van der Waals surface area contributed by atoms with Gasteiger partial charge in [-0.25, -0.2) is 9.78 Å². The van der Waals surface area contributed by atoms with Crippen LogP contribution in [-0.4, -0.2) is 22.1 Å². The molecule has 0 saturated heterocycles. The number of carbonyl (C=O) groups is 1. The Balaban J connectivity index is 2.32. The number of aromatic carboxylic acids is 1. The monoisotopic (exact) mass is 234 g/mol. The molecule has 92 valence electrons. The number of nitrogens with one attached hydrogen (secondary N) is 1. The number of hydrogen-bond acceptors (Lipinski definition) is 3. The van der Waals surface area contributed by atoms with Crippen molar-refractivity contribution in [2.45, 2.75) is 39.7 Å². The minimum atomic E-state index is -0.916. The average molecular weight is 234 g/mol. The lowest BCUT2D eigenvalue weighted by atomic mass is 10.1. The maximum absolute atomic E-state index is 11.2. The van der Waals surface area contributed by atoms with E-state index in [2.05, 4.69) is 17.2 Å². The lowest BCUT2D eigenvalue weighted by Gasteiger charge is -2.17. The zero-order valence-electron chi connectivity index (χ0n) is 10.4. The van der Waals surface area contributed by atoms with E-state index in [1.54, 1.807) is 6.07 Å². The molecule has 0 radical (unpaired) electrons. The van der Waals surface area contributed by atoms with Crippen LogP contribution in [0.25, 0.3) is 0 Å². The van der Waals surface area contributed by atoms with Gasteiger partial charge in [0.2, 0.25) is 0 Å². The van der Waals surface area contributed by atoms with Gasteiger partial charge in [-0.15, -0.1) is 0 Å². The highest BCUT2D eigenvalue weighted by Gasteiger charge is 2.29. The third-order valence-electron chi connectivity index (χ3n) is 3.25. The van der Waals surface area contributed by atoms with Crippen molar-refractivity contribution in [2.75, 3.05) is 5.32 Å². The molecule has 1 aromatic heterocycles. The molecule has 2 N–H and O–H groups in total. The van der Waals surface area contributed by atoms with E-state index >= 15 is 0 Å². The van der Waals surface area contributed by atoms with Gasteiger partial charge in [0, 0.05) is 11.7 Å². The zero-order chi connectivity index (χ0) is 12.6. The Morgan fingerprint density at radius 3 is 2.71 bits per heavy atom. The van der Waals surface area contributed by atoms with Gasteiger partial charge in [-0.05, 0) is 51.2 Å². The maximum Gasteiger partial charge on any atom is 0.339 e. The van der Waals surface area contributed by atoms with Gasteiger partial charge in [0.25, 0.3) is 0 Å². The van der Waals surface area contributed by atoms with Gasteiger partial charge in [-0.3, -0.25) is 0 Å². The molecular weight excluding hydrogens is 216 g/mol. The first-order chi connectivity index (χ1) is 7.99. The fraction of sp³-hybridized carbons (Fsp3) is 0.538. The predicted octanol–water partition coefficient (Wildman–Crippen LogP) is 2.61. The van der Waals surface area contributed by atoms with Crippen LogP contribution in [0.4, 0.5) is 5.82 Å². The van der Waals surface area contributed by atoms with Gasteiger partial charge in [0.1, 0.15) is 11.4 Å². The van der Waals surface area contributed by atoms with Crippen LogP contribution in [0.2, 0.25) is 0 Å². The standard InChI is InChI=1S/C13H18N2O2/c1-7-6-8(2)14-12(11(7)13(16)17)15-9(3)10-4-5-10/h6,9-10H,4-5H2,1-3H3,(H,14,15)(H,16,17). The Morgan fingerprint density at radius 1 is 1.53 bits per heavy atom. The molecule has 2 rings (SSSR count). The fourth-order valence-electron chi connectivity index (χ4n) is 2.14. The molecule has 0 spiro atoms. The summed E-state index contributed by atoms with van der Waals surface area (Å²) in [6.07, 6.45) is 2.45. The second-order valence-electron chi connectivity index (χ2n) is 4.88. The molecule has 1 fully saturated rings. The van der Waals surface area contributed by atoms with E-state index < -0.39 is 5.97 Å². The van der Waals surface area contributed by atoms with Gasteiger partial charge in [0.05, 0.1) is 0 Å². The van der Waals surface area contributed by atoms with Gasteiger partial charge in [0.15, 0.2) is 0 Å². The van der Waals surface area contributed by atoms with Crippen LogP contribution in [0.3, 0.4) is 0 Å². The van der Waals surface area contributed by atoms with Crippen LogP contribution in [0.1, 0.15) is 41.4 Å². The summed E-state index contributed by atoms with van der Waals surface area (Å²) in [6.45, 7) is 5.78. The van der Waals surface area contributed by atoms with Gasteiger partial charge in [-0.2, -0.15) is 0 Å². The number of rotatable bonds is 4. The first-order valence-corrected chi connectivity index (χ1v) is 5.97. The third kappa shape index (κ3) is 2.57. The van der Waals surface area contributed by atoms with Crippen molar-refractivity contribution < 1.29 is 9.90 Å². The minimum Gasteiger partial charge on any atom is -0.478 e. The number of anilines is 1. The minimum absolute atomic E-state index is 0.293. The molecular formula is C13H18N2O2. The smallest absolute Gasteiger partial charge is 0.339 e. The van der Waals surface area contributed by atoms with E-state index in [-0.39, 0.29) is 0 Å². The van der Waals surface area contributed by atoms with Crippen LogP contribution in [-0.2, 0) is 0 Å². The van der Waals surface area contributed by atoms with Crippen LogP contribution in [0.15, 0.2) is 6.07 Å². The summed E-state index contributed by atoms with van der Waals surface area (Å²) < 4.78 is 0. The molecule has 0 bridgehead atoms. The Labute approximate surface area is 101 Å². The lowest BCUT2D eigenvalue weighted by molar-refractivity contribution is 0.0696. The normalized spacial score (nSPS) is 16.6. The number of pyridine rings is 1. The molecule has 1 unspecified atom stereocenters. The molecule has 4 nitrogen and oxygen atoms in total. The summed E-state index contributed by atoms with van der Waals surface area (Å²) in [7, 11) is 0. The lowest BCUT2D eigenvalue weighted by Crippen LogP contribution is -2.21. The summed E-state index contributed by atoms with van der Waals surface area (Å²) in [5.74, 6) is 0.258. The summed E-state index contributed by atoms with van der Waals surface area (Å²) in [4.78, 5) is 15.6. The van der Waals surface area contributed by atoms with E-state index in [0.29, 0.717) is 23.3 Å². The van der Waals surface area contributed by atoms with Crippen molar-refractivity contribution in [1.29, 1.82) is 0 Å². The number of hydrogen-bond donors (Lipinski definition) is 2. The Morgan fingerprint density at radius 2 is 2.18 bits per heavy atom. The Kier molecular flexibility index (Phi) is 3.05. The number of carboxylic acids is 1. The maximum atomic E-state index is 11.2. The molecule has 1 aromatic rings. The van der Waals surface area contributed by atoms with E-state index in [9.17, 15) is 9.90 Å². The predicted molar refractivity (Wildman–Crippen MR) is 66.5 cm³/mol. The molecule has 1 aliphatic rings. The molecule has 1 saturated carbocycles. The molecule has 17 heavy (non-hydrogen) atoms. The Hall–Kier alpha value is -1.58.